The molecule has 0 aliphatic carbocycles. The summed E-state index contributed by atoms with van der Waals surface area (Å²) in [4.78, 5) is -0.345. The molecule has 0 aliphatic heterocycles. The first-order valence-electron chi connectivity index (χ1n) is 5.81. The highest BCUT2D eigenvalue weighted by Crippen LogP contribution is 2.41. The zero-order valence-electron chi connectivity index (χ0n) is 11.2. The third-order valence-corrected chi connectivity index (χ3v) is 3.36. The fourth-order valence-electron chi connectivity index (χ4n) is 1.54. The monoisotopic (exact) mass is 290 g/mol. The van der Waals surface area contributed by atoms with Crippen molar-refractivity contribution in [2.24, 2.45) is 0 Å². The molecule has 7 heteroatoms. The standard InChI is InChI=1S/C12H18O6S/c1-4-5-8-18-11-9(16-2)6-7-10(12(11)17-3)19(13,14)15/h6-7H,4-5,8H2,1-3H3,(H,13,14,15). The van der Waals surface area contributed by atoms with E-state index in [1.165, 1.54) is 26.4 Å². The molecule has 0 spiro atoms. The van der Waals surface area contributed by atoms with Crippen molar-refractivity contribution >= 4 is 10.1 Å². The summed E-state index contributed by atoms with van der Waals surface area (Å²) in [5.74, 6) is 0.465. The van der Waals surface area contributed by atoms with Crippen molar-refractivity contribution in [1.29, 1.82) is 0 Å². The van der Waals surface area contributed by atoms with Crippen LogP contribution in [0.3, 0.4) is 0 Å². The van der Waals surface area contributed by atoms with Gasteiger partial charge >= 0.3 is 0 Å². The number of methoxy groups -OCH3 is 2. The van der Waals surface area contributed by atoms with Crippen LogP contribution in [0, 0.1) is 0 Å². The molecule has 0 saturated carbocycles. The molecule has 1 aromatic carbocycles. The van der Waals surface area contributed by atoms with E-state index in [9.17, 15) is 8.42 Å². The third-order valence-electron chi connectivity index (χ3n) is 2.49. The summed E-state index contributed by atoms with van der Waals surface area (Å²) in [6, 6.07) is 2.62. The molecule has 0 unspecified atom stereocenters. The van der Waals surface area contributed by atoms with Crippen LogP contribution in [0.15, 0.2) is 17.0 Å². The Morgan fingerprint density at radius 3 is 2.32 bits per heavy atom. The topological polar surface area (TPSA) is 82.1 Å². The van der Waals surface area contributed by atoms with Crippen LogP contribution in [0.25, 0.3) is 0 Å². The molecule has 0 atom stereocenters. The summed E-state index contributed by atoms with van der Waals surface area (Å²) in [6.07, 6.45) is 1.74. The second-order valence-electron chi connectivity index (χ2n) is 3.81. The van der Waals surface area contributed by atoms with E-state index in [2.05, 4.69) is 0 Å². The van der Waals surface area contributed by atoms with Gasteiger partial charge in [0.25, 0.3) is 10.1 Å². The number of benzene rings is 1. The zero-order chi connectivity index (χ0) is 14.5. The van der Waals surface area contributed by atoms with Crippen molar-refractivity contribution < 1.29 is 27.2 Å². The molecule has 19 heavy (non-hydrogen) atoms. The minimum absolute atomic E-state index is 0.0575. The van der Waals surface area contributed by atoms with E-state index < -0.39 is 10.1 Å². The first-order valence-corrected chi connectivity index (χ1v) is 7.25. The summed E-state index contributed by atoms with van der Waals surface area (Å²) >= 11 is 0. The number of ether oxygens (including phenoxy) is 3. The number of unbranched alkanes of at least 4 members (excludes halogenated alkanes) is 1. The maximum Gasteiger partial charge on any atom is 0.298 e. The van der Waals surface area contributed by atoms with Crippen LogP contribution in [-0.2, 0) is 10.1 Å². The number of hydrogen-bond donors (Lipinski definition) is 1. The summed E-state index contributed by atoms with van der Waals surface area (Å²) in [7, 11) is -1.64. The van der Waals surface area contributed by atoms with Gasteiger partial charge in [0, 0.05) is 0 Å². The van der Waals surface area contributed by atoms with Crippen molar-refractivity contribution in [3.8, 4) is 17.2 Å². The van der Waals surface area contributed by atoms with Gasteiger partial charge < -0.3 is 14.2 Å². The van der Waals surface area contributed by atoms with Crippen LogP contribution < -0.4 is 14.2 Å². The molecule has 0 heterocycles. The van der Waals surface area contributed by atoms with Crippen molar-refractivity contribution in [3.63, 3.8) is 0 Å². The van der Waals surface area contributed by atoms with Gasteiger partial charge in [0.05, 0.1) is 20.8 Å². The summed E-state index contributed by atoms with van der Waals surface area (Å²) < 4.78 is 47.3. The molecule has 6 nitrogen and oxygen atoms in total. The lowest BCUT2D eigenvalue weighted by Crippen LogP contribution is -2.06. The van der Waals surface area contributed by atoms with Gasteiger partial charge in [-0.25, -0.2) is 0 Å². The van der Waals surface area contributed by atoms with E-state index in [0.29, 0.717) is 12.4 Å². The fraction of sp³-hybridized carbons (Fsp3) is 0.500. The molecule has 0 aliphatic rings. The van der Waals surface area contributed by atoms with Gasteiger partial charge in [-0.05, 0) is 18.6 Å². The van der Waals surface area contributed by atoms with E-state index >= 15 is 0 Å². The lowest BCUT2D eigenvalue weighted by Gasteiger charge is -2.16. The van der Waals surface area contributed by atoms with E-state index in [4.69, 9.17) is 18.8 Å². The first kappa shape index (κ1) is 15.6. The SMILES string of the molecule is CCCCOc1c(OC)ccc(S(=O)(=O)O)c1OC. The van der Waals surface area contributed by atoms with Crippen molar-refractivity contribution in [2.75, 3.05) is 20.8 Å². The lowest BCUT2D eigenvalue weighted by atomic mass is 10.3. The van der Waals surface area contributed by atoms with E-state index in [0.717, 1.165) is 12.8 Å². The van der Waals surface area contributed by atoms with Crippen molar-refractivity contribution in [1.82, 2.24) is 0 Å². The fourth-order valence-corrected chi connectivity index (χ4v) is 2.19. The molecule has 0 fully saturated rings. The molecular formula is C12H18O6S. The average molecular weight is 290 g/mol. The van der Waals surface area contributed by atoms with Gasteiger partial charge in [0.2, 0.25) is 5.75 Å². The van der Waals surface area contributed by atoms with Gasteiger partial charge in [0.1, 0.15) is 4.90 Å². The third kappa shape index (κ3) is 3.74. The molecule has 0 amide bonds. The Balaban J connectivity index is 3.29. The predicted octanol–water partition coefficient (Wildman–Crippen LogP) is 2.13. The second kappa shape index (κ2) is 6.63. The van der Waals surface area contributed by atoms with Crippen molar-refractivity contribution in [2.45, 2.75) is 24.7 Å². The normalized spacial score (nSPS) is 11.2. The predicted molar refractivity (Wildman–Crippen MR) is 69.8 cm³/mol. The highest BCUT2D eigenvalue weighted by molar-refractivity contribution is 7.86. The quantitative estimate of drug-likeness (QED) is 0.612. The van der Waals surface area contributed by atoms with Crippen LogP contribution in [0.2, 0.25) is 0 Å². The molecule has 0 bridgehead atoms. The Hall–Kier alpha value is -1.47. The Bertz CT molecular complexity index is 523. The molecule has 0 saturated heterocycles. The minimum atomic E-state index is -4.38. The minimum Gasteiger partial charge on any atom is -0.493 e. The number of hydrogen-bond acceptors (Lipinski definition) is 5. The average Bonchev–Trinajstić information content (AvgIpc) is 2.37. The molecule has 0 radical (unpaired) electrons. The molecule has 1 N–H and O–H groups in total. The van der Waals surface area contributed by atoms with E-state index in [-0.39, 0.29) is 16.4 Å². The maximum atomic E-state index is 11.3. The van der Waals surface area contributed by atoms with E-state index in [1.54, 1.807) is 0 Å². The van der Waals surface area contributed by atoms with Gasteiger partial charge in [-0.3, -0.25) is 4.55 Å². The van der Waals surface area contributed by atoms with Crippen LogP contribution in [-0.4, -0.2) is 33.8 Å². The first-order chi connectivity index (χ1) is 8.95. The Labute approximate surface area is 113 Å². The van der Waals surface area contributed by atoms with Crippen LogP contribution in [0.5, 0.6) is 17.2 Å². The largest absolute Gasteiger partial charge is 0.493 e. The van der Waals surface area contributed by atoms with Crippen LogP contribution in [0.1, 0.15) is 19.8 Å². The second-order valence-corrected chi connectivity index (χ2v) is 5.20. The Morgan fingerprint density at radius 2 is 1.84 bits per heavy atom. The Kier molecular flexibility index (Phi) is 5.44. The van der Waals surface area contributed by atoms with Crippen molar-refractivity contribution in [3.05, 3.63) is 12.1 Å². The summed E-state index contributed by atoms with van der Waals surface area (Å²) in [6.45, 7) is 2.41. The van der Waals surface area contributed by atoms with Crippen LogP contribution in [0.4, 0.5) is 0 Å². The molecule has 0 aromatic heterocycles. The molecular weight excluding hydrogens is 272 g/mol. The highest BCUT2D eigenvalue weighted by atomic mass is 32.2. The van der Waals surface area contributed by atoms with Crippen LogP contribution >= 0.6 is 0 Å². The summed E-state index contributed by atoms with van der Waals surface area (Å²) in [5, 5.41) is 0. The maximum absolute atomic E-state index is 11.3. The summed E-state index contributed by atoms with van der Waals surface area (Å²) in [5.41, 5.74) is 0. The number of rotatable bonds is 7. The van der Waals surface area contributed by atoms with Gasteiger partial charge in [-0.15, -0.1) is 0 Å². The highest BCUT2D eigenvalue weighted by Gasteiger charge is 2.23. The zero-order valence-corrected chi connectivity index (χ0v) is 12.0. The van der Waals surface area contributed by atoms with Gasteiger partial charge in [-0.2, -0.15) is 8.42 Å². The molecule has 1 rings (SSSR count). The molecule has 1 aromatic rings. The smallest absolute Gasteiger partial charge is 0.298 e. The van der Waals surface area contributed by atoms with Gasteiger partial charge in [0.15, 0.2) is 11.5 Å². The Morgan fingerprint density at radius 1 is 1.16 bits per heavy atom. The lowest BCUT2D eigenvalue weighted by molar-refractivity contribution is 0.266. The van der Waals surface area contributed by atoms with Gasteiger partial charge in [-0.1, -0.05) is 13.3 Å². The molecule has 108 valence electrons. The van der Waals surface area contributed by atoms with E-state index in [1.807, 2.05) is 6.92 Å².